The van der Waals surface area contributed by atoms with E-state index in [1.54, 1.807) is 23.0 Å². The number of anilines is 2. The smallest absolute Gasteiger partial charge is 0.342 e. The molecule has 3 aromatic rings. The zero-order valence-electron chi connectivity index (χ0n) is 19.2. The van der Waals surface area contributed by atoms with Gasteiger partial charge in [-0.2, -0.15) is 5.10 Å². The Balaban J connectivity index is 1.47. The van der Waals surface area contributed by atoms with Gasteiger partial charge in [0, 0.05) is 30.8 Å². The fourth-order valence-electron chi connectivity index (χ4n) is 3.73. The van der Waals surface area contributed by atoms with Crippen molar-refractivity contribution in [2.24, 2.45) is 0 Å². The summed E-state index contributed by atoms with van der Waals surface area (Å²) in [7, 11) is 0. The van der Waals surface area contributed by atoms with E-state index in [0.717, 1.165) is 37.3 Å². The first-order valence-electron chi connectivity index (χ1n) is 11.2. The SMILES string of the molecule is CC(C)(C)c1cc(NC(=O)COC(=O)c2cccnc2N2CCCC2)n(-c2ccccc2)n1. The van der Waals surface area contributed by atoms with Crippen molar-refractivity contribution < 1.29 is 14.3 Å². The van der Waals surface area contributed by atoms with E-state index < -0.39 is 18.5 Å². The molecule has 1 fully saturated rings. The normalized spacial score (nSPS) is 13.7. The number of aromatic nitrogens is 3. The van der Waals surface area contributed by atoms with Crippen molar-refractivity contribution in [1.82, 2.24) is 14.8 Å². The molecule has 0 unspecified atom stereocenters. The van der Waals surface area contributed by atoms with E-state index in [0.29, 0.717) is 17.2 Å². The number of hydrogen-bond acceptors (Lipinski definition) is 6. The van der Waals surface area contributed by atoms with Gasteiger partial charge in [0.2, 0.25) is 0 Å². The number of amides is 1. The summed E-state index contributed by atoms with van der Waals surface area (Å²) in [5.74, 6) is 0.128. The Bertz CT molecular complexity index is 1130. The first-order chi connectivity index (χ1) is 15.8. The zero-order chi connectivity index (χ0) is 23.4. The fourth-order valence-corrected chi connectivity index (χ4v) is 3.73. The monoisotopic (exact) mass is 447 g/mol. The molecule has 1 amide bonds. The second-order valence-electron chi connectivity index (χ2n) is 9.11. The molecule has 1 aliphatic heterocycles. The molecule has 0 bridgehead atoms. The van der Waals surface area contributed by atoms with Crippen molar-refractivity contribution in [2.45, 2.75) is 39.0 Å². The summed E-state index contributed by atoms with van der Waals surface area (Å²) in [6.45, 7) is 7.49. The van der Waals surface area contributed by atoms with Gasteiger partial charge in [-0.1, -0.05) is 39.0 Å². The van der Waals surface area contributed by atoms with Crippen LogP contribution in [0.3, 0.4) is 0 Å². The van der Waals surface area contributed by atoms with Crippen LogP contribution in [0.15, 0.2) is 54.7 Å². The average molecular weight is 448 g/mol. The van der Waals surface area contributed by atoms with Crippen LogP contribution in [0.2, 0.25) is 0 Å². The topological polar surface area (TPSA) is 89.3 Å². The molecule has 0 saturated carbocycles. The Hall–Kier alpha value is -3.68. The van der Waals surface area contributed by atoms with E-state index >= 15 is 0 Å². The van der Waals surface area contributed by atoms with Crippen molar-refractivity contribution in [3.63, 3.8) is 0 Å². The maximum atomic E-state index is 12.7. The van der Waals surface area contributed by atoms with E-state index in [4.69, 9.17) is 4.74 Å². The molecule has 0 atom stereocenters. The molecule has 172 valence electrons. The van der Waals surface area contributed by atoms with E-state index in [1.807, 2.05) is 36.4 Å². The molecule has 1 N–H and O–H groups in total. The number of carbonyl (C=O) groups is 2. The molecule has 1 saturated heterocycles. The Kier molecular flexibility index (Phi) is 6.44. The number of hydrogen-bond donors (Lipinski definition) is 1. The van der Waals surface area contributed by atoms with Crippen LogP contribution in [-0.4, -0.2) is 46.3 Å². The molecule has 33 heavy (non-hydrogen) atoms. The van der Waals surface area contributed by atoms with Crippen LogP contribution >= 0.6 is 0 Å². The summed E-state index contributed by atoms with van der Waals surface area (Å²) in [5, 5.41) is 7.52. The van der Waals surface area contributed by atoms with Crippen LogP contribution in [0.5, 0.6) is 0 Å². The van der Waals surface area contributed by atoms with E-state index in [2.05, 4.69) is 41.1 Å². The Morgan fingerprint density at radius 2 is 1.79 bits per heavy atom. The molecule has 2 aromatic heterocycles. The first-order valence-corrected chi connectivity index (χ1v) is 11.2. The Morgan fingerprint density at radius 3 is 2.48 bits per heavy atom. The molecule has 8 heteroatoms. The number of rotatable bonds is 6. The number of pyridine rings is 1. The molecular weight excluding hydrogens is 418 g/mol. The third-order valence-electron chi connectivity index (χ3n) is 5.49. The number of nitrogens with one attached hydrogen (secondary N) is 1. The van der Waals surface area contributed by atoms with Gasteiger partial charge in [-0.05, 0) is 37.1 Å². The summed E-state index contributed by atoms with van der Waals surface area (Å²) in [6.07, 6.45) is 3.80. The van der Waals surface area contributed by atoms with Gasteiger partial charge in [0.05, 0.1) is 11.4 Å². The van der Waals surface area contributed by atoms with Crippen LogP contribution in [-0.2, 0) is 14.9 Å². The molecule has 1 aromatic carbocycles. The number of para-hydroxylation sites is 1. The lowest BCUT2D eigenvalue weighted by Gasteiger charge is -2.18. The summed E-state index contributed by atoms with van der Waals surface area (Å²) >= 11 is 0. The Morgan fingerprint density at radius 1 is 1.06 bits per heavy atom. The number of carbonyl (C=O) groups excluding carboxylic acids is 2. The molecule has 3 heterocycles. The molecule has 0 radical (unpaired) electrons. The number of nitrogens with zero attached hydrogens (tertiary/aromatic N) is 4. The third kappa shape index (κ3) is 5.22. The van der Waals surface area contributed by atoms with Gasteiger partial charge in [-0.15, -0.1) is 0 Å². The lowest BCUT2D eigenvalue weighted by molar-refractivity contribution is -0.119. The maximum Gasteiger partial charge on any atom is 0.342 e. The summed E-state index contributed by atoms with van der Waals surface area (Å²) < 4.78 is 7.02. The molecule has 4 rings (SSSR count). The van der Waals surface area contributed by atoms with Gasteiger partial charge in [0.15, 0.2) is 6.61 Å². The van der Waals surface area contributed by atoms with Crippen LogP contribution in [0.25, 0.3) is 5.69 Å². The van der Waals surface area contributed by atoms with E-state index in [1.165, 1.54) is 0 Å². The third-order valence-corrected chi connectivity index (χ3v) is 5.49. The van der Waals surface area contributed by atoms with Crippen molar-refractivity contribution in [3.8, 4) is 5.69 Å². The number of ether oxygens (including phenoxy) is 1. The standard InChI is InChI=1S/C25H29N5O3/c1-25(2,3)20-16-21(30(28-20)18-10-5-4-6-11-18)27-22(31)17-33-24(32)19-12-9-13-26-23(19)29-14-7-8-15-29/h4-6,9-13,16H,7-8,14-15,17H2,1-3H3,(H,27,31). The van der Waals surface area contributed by atoms with Crippen molar-refractivity contribution >= 4 is 23.5 Å². The highest BCUT2D eigenvalue weighted by molar-refractivity contribution is 5.98. The highest BCUT2D eigenvalue weighted by Gasteiger charge is 2.24. The Labute approximate surface area is 193 Å². The number of benzene rings is 1. The predicted molar refractivity (Wildman–Crippen MR) is 127 cm³/mol. The molecule has 0 aliphatic carbocycles. The van der Waals surface area contributed by atoms with E-state index in [-0.39, 0.29) is 5.41 Å². The van der Waals surface area contributed by atoms with Gasteiger partial charge in [-0.3, -0.25) is 4.79 Å². The van der Waals surface area contributed by atoms with Gasteiger partial charge in [0.25, 0.3) is 5.91 Å². The summed E-state index contributed by atoms with van der Waals surface area (Å²) in [6, 6.07) is 14.8. The first kappa shape index (κ1) is 22.5. The summed E-state index contributed by atoms with van der Waals surface area (Å²) in [5.41, 5.74) is 1.84. The largest absolute Gasteiger partial charge is 0.452 e. The maximum absolute atomic E-state index is 12.7. The lowest BCUT2D eigenvalue weighted by Crippen LogP contribution is -2.25. The molecule has 0 spiro atoms. The highest BCUT2D eigenvalue weighted by atomic mass is 16.5. The van der Waals surface area contributed by atoms with Gasteiger partial charge < -0.3 is 15.0 Å². The van der Waals surface area contributed by atoms with Crippen molar-refractivity contribution in [2.75, 3.05) is 29.9 Å². The minimum Gasteiger partial charge on any atom is -0.452 e. The van der Waals surface area contributed by atoms with E-state index in [9.17, 15) is 9.59 Å². The van der Waals surface area contributed by atoms with Gasteiger partial charge >= 0.3 is 5.97 Å². The number of esters is 1. The van der Waals surface area contributed by atoms with Crippen LogP contribution in [0, 0.1) is 0 Å². The second kappa shape index (κ2) is 9.44. The quantitative estimate of drug-likeness (QED) is 0.576. The van der Waals surface area contributed by atoms with Crippen LogP contribution < -0.4 is 10.2 Å². The summed E-state index contributed by atoms with van der Waals surface area (Å²) in [4.78, 5) is 31.8. The fraction of sp³-hybridized carbons (Fsp3) is 0.360. The van der Waals surface area contributed by atoms with Crippen molar-refractivity contribution in [1.29, 1.82) is 0 Å². The second-order valence-corrected chi connectivity index (χ2v) is 9.11. The molecule has 8 nitrogen and oxygen atoms in total. The van der Waals surface area contributed by atoms with Crippen LogP contribution in [0.1, 0.15) is 49.7 Å². The van der Waals surface area contributed by atoms with Gasteiger partial charge in [-0.25, -0.2) is 14.5 Å². The van der Waals surface area contributed by atoms with Gasteiger partial charge in [0.1, 0.15) is 17.2 Å². The lowest BCUT2D eigenvalue weighted by atomic mass is 9.92. The zero-order valence-corrected chi connectivity index (χ0v) is 19.2. The minimum absolute atomic E-state index is 0.196. The molecular formula is C25H29N5O3. The predicted octanol–water partition coefficient (Wildman–Crippen LogP) is 3.96. The van der Waals surface area contributed by atoms with Crippen molar-refractivity contribution in [3.05, 3.63) is 66.0 Å². The minimum atomic E-state index is -0.563. The highest BCUT2D eigenvalue weighted by Crippen LogP contribution is 2.26. The average Bonchev–Trinajstić information content (AvgIpc) is 3.48. The molecule has 1 aliphatic rings. The van der Waals surface area contributed by atoms with Crippen LogP contribution in [0.4, 0.5) is 11.6 Å².